The Kier molecular flexibility index (Phi) is 6.45. The van der Waals surface area contributed by atoms with Crippen LogP contribution in [0.2, 0.25) is 0 Å². The maximum atomic E-state index is 13.0. The fourth-order valence-corrected chi connectivity index (χ4v) is 3.55. The number of rotatable bonds is 6. The highest BCUT2D eigenvalue weighted by molar-refractivity contribution is 5.78. The molecule has 0 N–H and O–H groups in total. The predicted molar refractivity (Wildman–Crippen MR) is 104 cm³/mol. The molecule has 1 aliphatic rings. The lowest BCUT2D eigenvalue weighted by molar-refractivity contribution is -0.137. The van der Waals surface area contributed by atoms with Crippen LogP contribution in [-0.4, -0.2) is 43.0 Å². The van der Waals surface area contributed by atoms with Crippen LogP contribution < -0.4 is 4.74 Å². The summed E-state index contributed by atoms with van der Waals surface area (Å²) < 4.78 is 18.5. The van der Waals surface area contributed by atoms with E-state index in [0.29, 0.717) is 5.75 Å². The van der Waals surface area contributed by atoms with Gasteiger partial charge in [0.05, 0.1) is 6.04 Å². The molecule has 1 amide bonds. The Morgan fingerprint density at radius 1 is 1.11 bits per heavy atom. The molecule has 0 radical (unpaired) electrons. The van der Waals surface area contributed by atoms with E-state index in [2.05, 4.69) is 43.3 Å². The van der Waals surface area contributed by atoms with Crippen LogP contribution in [0.4, 0.5) is 4.39 Å². The molecule has 1 heterocycles. The molecular formula is C22H27FN2O2. The van der Waals surface area contributed by atoms with E-state index in [9.17, 15) is 9.18 Å². The van der Waals surface area contributed by atoms with Crippen molar-refractivity contribution >= 4 is 5.91 Å². The molecule has 1 saturated heterocycles. The van der Waals surface area contributed by atoms with Crippen LogP contribution in [0.5, 0.6) is 5.75 Å². The zero-order valence-electron chi connectivity index (χ0n) is 16.0. The predicted octanol–water partition coefficient (Wildman–Crippen LogP) is 4.02. The van der Waals surface area contributed by atoms with Gasteiger partial charge >= 0.3 is 0 Å². The average Bonchev–Trinajstić information content (AvgIpc) is 2.67. The standard InChI is InChI=1S/C22H27FN2O2/c1-24(2)15-17-6-8-18(9-7-17)21-5-3-4-14-25(21)22(26)16-27-20-12-10-19(23)11-13-20/h6-13,21H,3-5,14-16H2,1-2H3/t21-/m1/s1. The number of benzene rings is 2. The van der Waals surface area contributed by atoms with Crippen LogP contribution in [0.15, 0.2) is 48.5 Å². The number of halogens is 1. The van der Waals surface area contributed by atoms with E-state index >= 15 is 0 Å². The second-order valence-corrected chi connectivity index (χ2v) is 7.32. The molecule has 0 spiro atoms. The minimum atomic E-state index is -0.317. The molecule has 4 nitrogen and oxygen atoms in total. The molecule has 2 aromatic rings. The quantitative estimate of drug-likeness (QED) is 0.770. The molecule has 0 aliphatic carbocycles. The largest absolute Gasteiger partial charge is 0.484 e. The lowest BCUT2D eigenvalue weighted by atomic mass is 9.94. The molecule has 3 rings (SSSR count). The van der Waals surface area contributed by atoms with Crippen molar-refractivity contribution in [3.63, 3.8) is 0 Å². The molecule has 5 heteroatoms. The summed E-state index contributed by atoms with van der Waals surface area (Å²) in [5.74, 6) is 0.162. The Morgan fingerprint density at radius 2 is 1.81 bits per heavy atom. The number of ether oxygens (including phenoxy) is 1. The first-order chi connectivity index (χ1) is 13.0. The van der Waals surface area contributed by atoms with Gasteiger partial charge in [-0.2, -0.15) is 0 Å². The van der Waals surface area contributed by atoms with Gasteiger partial charge in [0.2, 0.25) is 0 Å². The van der Waals surface area contributed by atoms with Gasteiger partial charge in [-0.1, -0.05) is 24.3 Å². The van der Waals surface area contributed by atoms with Crippen LogP contribution in [0.25, 0.3) is 0 Å². The van der Waals surface area contributed by atoms with Crippen LogP contribution in [-0.2, 0) is 11.3 Å². The second-order valence-electron chi connectivity index (χ2n) is 7.32. The zero-order chi connectivity index (χ0) is 19.2. The monoisotopic (exact) mass is 370 g/mol. The fourth-order valence-electron chi connectivity index (χ4n) is 3.55. The number of piperidine rings is 1. The van der Waals surface area contributed by atoms with Gasteiger partial charge in [0.15, 0.2) is 6.61 Å². The van der Waals surface area contributed by atoms with Gasteiger partial charge in [-0.15, -0.1) is 0 Å². The minimum Gasteiger partial charge on any atom is -0.484 e. The summed E-state index contributed by atoms with van der Waals surface area (Å²) in [6, 6.07) is 14.4. The van der Waals surface area contributed by atoms with Crippen LogP contribution in [0.3, 0.4) is 0 Å². The summed E-state index contributed by atoms with van der Waals surface area (Å²) in [4.78, 5) is 16.8. The van der Waals surface area contributed by atoms with Crippen molar-refractivity contribution in [2.45, 2.75) is 31.8 Å². The average molecular weight is 370 g/mol. The Hall–Kier alpha value is -2.40. The van der Waals surface area contributed by atoms with E-state index in [1.807, 2.05) is 4.90 Å². The minimum absolute atomic E-state index is 0.0265. The number of carbonyl (C=O) groups is 1. The van der Waals surface area contributed by atoms with Gasteiger partial charge < -0.3 is 14.5 Å². The van der Waals surface area contributed by atoms with Crippen molar-refractivity contribution in [1.29, 1.82) is 0 Å². The van der Waals surface area contributed by atoms with E-state index in [1.165, 1.54) is 23.3 Å². The first-order valence-electron chi connectivity index (χ1n) is 9.44. The van der Waals surface area contributed by atoms with Crippen molar-refractivity contribution < 1.29 is 13.9 Å². The molecule has 0 bridgehead atoms. The molecule has 0 saturated carbocycles. The van der Waals surface area contributed by atoms with Crippen molar-refractivity contribution in [2.24, 2.45) is 0 Å². The molecule has 0 unspecified atom stereocenters. The van der Waals surface area contributed by atoms with E-state index < -0.39 is 0 Å². The van der Waals surface area contributed by atoms with Gasteiger partial charge in [0.25, 0.3) is 5.91 Å². The van der Waals surface area contributed by atoms with Gasteiger partial charge in [0.1, 0.15) is 11.6 Å². The number of amides is 1. The maximum Gasteiger partial charge on any atom is 0.261 e. The normalized spacial score (nSPS) is 17.2. The van der Waals surface area contributed by atoms with E-state index in [0.717, 1.165) is 32.4 Å². The van der Waals surface area contributed by atoms with Crippen molar-refractivity contribution in [3.05, 3.63) is 65.5 Å². The molecule has 1 fully saturated rings. The third-order valence-electron chi connectivity index (χ3n) is 4.86. The highest BCUT2D eigenvalue weighted by Gasteiger charge is 2.28. The van der Waals surface area contributed by atoms with Crippen molar-refractivity contribution in [3.8, 4) is 5.75 Å². The third-order valence-corrected chi connectivity index (χ3v) is 4.86. The number of nitrogens with zero attached hydrogens (tertiary/aromatic N) is 2. The summed E-state index contributed by atoms with van der Waals surface area (Å²) in [7, 11) is 4.10. The molecule has 27 heavy (non-hydrogen) atoms. The molecule has 1 atom stereocenters. The summed E-state index contributed by atoms with van der Waals surface area (Å²) in [6.07, 6.45) is 3.10. The topological polar surface area (TPSA) is 32.8 Å². The van der Waals surface area contributed by atoms with Crippen molar-refractivity contribution in [1.82, 2.24) is 9.80 Å². The van der Waals surface area contributed by atoms with Crippen LogP contribution in [0.1, 0.15) is 36.4 Å². The third kappa shape index (κ3) is 5.30. The SMILES string of the molecule is CN(C)Cc1ccc([C@H]2CCCCN2C(=O)COc2ccc(F)cc2)cc1. The zero-order valence-corrected chi connectivity index (χ0v) is 16.0. The summed E-state index contributed by atoms with van der Waals surface area (Å²) >= 11 is 0. The Balaban J connectivity index is 1.65. The maximum absolute atomic E-state index is 13.0. The van der Waals surface area contributed by atoms with Gasteiger partial charge in [-0.25, -0.2) is 4.39 Å². The summed E-state index contributed by atoms with van der Waals surface area (Å²) in [6.45, 7) is 1.62. The molecule has 1 aliphatic heterocycles. The number of likely N-dealkylation sites (tertiary alicyclic amines) is 1. The summed E-state index contributed by atoms with van der Waals surface area (Å²) in [5.41, 5.74) is 2.43. The Bertz CT molecular complexity index is 744. The van der Waals surface area contributed by atoms with Crippen LogP contribution in [0, 0.1) is 5.82 Å². The number of hydrogen-bond acceptors (Lipinski definition) is 3. The fraction of sp³-hybridized carbons (Fsp3) is 0.409. The van der Waals surface area contributed by atoms with Crippen LogP contribution >= 0.6 is 0 Å². The van der Waals surface area contributed by atoms with Crippen molar-refractivity contribution in [2.75, 3.05) is 27.2 Å². The van der Waals surface area contributed by atoms with Gasteiger partial charge in [-0.3, -0.25) is 4.79 Å². The first kappa shape index (κ1) is 19.4. The van der Waals surface area contributed by atoms with E-state index in [-0.39, 0.29) is 24.4 Å². The number of carbonyl (C=O) groups excluding carboxylic acids is 1. The van der Waals surface area contributed by atoms with Gasteiger partial charge in [0, 0.05) is 13.1 Å². The highest BCUT2D eigenvalue weighted by Crippen LogP contribution is 2.31. The molecular weight excluding hydrogens is 343 g/mol. The van der Waals surface area contributed by atoms with Gasteiger partial charge in [-0.05, 0) is 68.8 Å². The number of hydrogen-bond donors (Lipinski definition) is 0. The highest BCUT2D eigenvalue weighted by atomic mass is 19.1. The van der Waals surface area contributed by atoms with E-state index in [1.54, 1.807) is 12.1 Å². The first-order valence-corrected chi connectivity index (χ1v) is 9.44. The molecule has 0 aromatic heterocycles. The second kappa shape index (κ2) is 9.00. The lowest BCUT2D eigenvalue weighted by Gasteiger charge is -2.36. The molecule has 144 valence electrons. The summed E-state index contributed by atoms with van der Waals surface area (Å²) in [5, 5.41) is 0. The Morgan fingerprint density at radius 3 is 2.48 bits per heavy atom. The lowest BCUT2D eigenvalue weighted by Crippen LogP contribution is -2.41. The molecule has 2 aromatic carbocycles. The Labute approximate surface area is 160 Å². The smallest absolute Gasteiger partial charge is 0.261 e. The van der Waals surface area contributed by atoms with E-state index in [4.69, 9.17) is 4.74 Å².